The van der Waals surface area contributed by atoms with Crippen molar-refractivity contribution < 1.29 is 19.4 Å². The molecule has 0 spiro atoms. The van der Waals surface area contributed by atoms with E-state index in [4.69, 9.17) is 9.84 Å². The molecule has 0 heterocycles. The zero-order valence-corrected chi connectivity index (χ0v) is 11.0. The third-order valence-electron chi connectivity index (χ3n) is 3.37. The van der Waals surface area contributed by atoms with Crippen LogP contribution in [0.15, 0.2) is 0 Å². The summed E-state index contributed by atoms with van der Waals surface area (Å²) in [6.07, 6.45) is 4.52. The van der Waals surface area contributed by atoms with Crippen molar-refractivity contribution in [2.24, 2.45) is 11.8 Å². The fraction of sp³-hybridized carbons (Fsp3) is 0.846. The molecule has 5 heteroatoms. The highest BCUT2D eigenvalue weighted by Gasteiger charge is 2.30. The summed E-state index contributed by atoms with van der Waals surface area (Å²) in [5.74, 6) is -1.14. The van der Waals surface area contributed by atoms with Gasteiger partial charge >= 0.3 is 5.97 Å². The minimum Gasteiger partial charge on any atom is -0.481 e. The zero-order chi connectivity index (χ0) is 13.4. The molecule has 0 saturated heterocycles. The van der Waals surface area contributed by atoms with E-state index in [0.29, 0.717) is 13.2 Å². The van der Waals surface area contributed by atoms with Crippen LogP contribution in [-0.4, -0.2) is 36.7 Å². The van der Waals surface area contributed by atoms with Crippen molar-refractivity contribution in [2.45, 2.75) is 39.0 Å². The first kappa shape index (κ1) is 15.0. The molecule has 1 fully saturated rings. The van der Waals surface area contributed by atoms with Crippen molar-refractivity contribution in [3.8, 4) is 0 Å². The number of ether oxygens (including phenoxy) is 1. The molecule has 0 aromatic rings. The van der Waals surface area contributed by atoms with Crippen LogP contribution in [-0.2, 0) is 14.3 Å². The third-order valence-corrected chi connectivity index (χ3v) is 3.37. The van der Waals surface area contributed by atoms with Gasteiger partial charge in [-0.05, 0) is 25.2 Å². The SMILES string of the molecule is CCCOCC(=O)NCC1CCCCC1C(=O)O. The predicted molar refractivity (Wildman–Crippen MR) is 67.2 cm³/mol. The Balaban J connectivity index is 2.27. The maximum absolute atomic E-state index is 11.5. The number of carboxylic acids is 1. The first-order chi connectivity index (χ1) is 8.65. The Hall–Kier alpha value is -1.10. The average Bonchev–Trinajstić information content (AvgIpc) is 2.37. The van der Waals surface area contributed by atoms with Crippen molar-refractivity contribution in [3.05, 3.63) is 0 Å². The Morgan fingerprint density at radius 1 is 1.33 bits per heavy atom. The number of amides is 1. The van der Waals surface area contributed by atoms with Crippen LogP contribution in [0.25, 0.3) is 0 Å². The summed E-state index contributed by atoms with van der Waals surface area (Å²) in [7, 11) is 0. The van der Waals surface area contributed by atoms with E-state index in [1.54, 1.807) is 0 Å². The molecular formula is C13H23NO4. The maximum Gasteiger partial charge on any atom is 0.306 e. The summed E-state index contributed by atoms with van der Waals surface area (Å²) in [6, 6.07) is 0. The molecule has 0 bridgehead atoms. The summed E-state index contributed by atoms with van der Waals surface area (Å²) in [6.45, 7) is 3.08. The van der Waals surface area contributed by atoms with E-state index in [0.717, 1.165) is 32.1 Å². The van der Waals surface area contributed by atoms with Gasteiger partial charge < -0.3 is 15.2 Å². The Morgan fingerprint density at radius 2 is 2.06 bits per heavy atom. The Labute approximate surface area is 108 Å². The second-order valence-electron chi connectivity index (χ2n) is 4.85. The molecule has 1 aliphatic rings. The van der Waals surface area contributed by atoms with Gasteiger partial charge in [0.25, 0.3) is 0 Å². The van der Waals surface area contributed by atoms with E-state index in [1.807, 2.05) is 6.92 Å². The lowest BCUT2D eigenvalue weighted by molar-refractivity contribution is -0.145. The molecule has 0 aromatic carbocycles. The minimum atomic E-state index is -0.740. The zero-order valence-electron chi connectivity index (χ0n) is 11.0. The molecule has 1 amide bonds. The molecule has 2 unspecified atom stereocenters. The lowest BCUT2D eigenvalue weighted by atomic mass is 9.79. The number of nitrogens with one attached hydrogen (secondary N) is 1. The van der Waals surface area contributed by atoms with E-state index < -0.39 is 5.97 Å². The van der Waals surface area contributed by atoms with E-state index >= 15 is 0 Å². The van der Waals surface area contributed by atoms with E-state index in [9.17, 15) is 9.59 Å². The number of hydrogen-bond acceptors (Lipinski definition) is 3. The first-order valence-electron chi connectivity index (χ1n) is 6.72. The quantitative estimate of drug-likeness (QED) is 0.676. The summed E-state index contributed by atoms with van der Waals surface area (Å²) in [5, 5.41) is 11.9. The van der Waals surface area contributed by atoms with E-state index in [2.05, 4.69) is 5.32 Å². The van der Waals surface area contributed by atoms with Gasteiger partial charge in [-0.1, -0.05) is 19.8 Å². The summed E-state index contributed by atoms with van der Waals surface area (Å²) < 4.78 is 5.13. The van der Waals surface area contributed by atoms with Gasteiger partial charge in [0.2, 0.25) is 5.91 Å². The van der Waals surface area contributed by atoms with Crippen molar-refractivity contribution in [3.63, 3.8) is 0 Å². The number of carbonyl (C=O) groups is 2. The van der Waals surface area contributed by atoms with Crippen LogP contribution in [0.4, 0.5) is 0 Å². The second kappa shape index (κ2) is 8.08. The lowest BCUT2D eigenvalue weighted by Crippen LogP contribution is -2.38. The molecule has 0 aliphatic heterocycles. The largest absolute Gasteiger partial charge is 0.481 e. The summed E-state index contributed by atoms with van der Waals surface area (Å²) in [5.41, 5.74) is 0. The molecular weight excluding hydrogens is 234 g/mol. The van der Waals surface area contributed by atoms with Crippen molar-refractivity contribution >= 4 is 11.9 Å². The molecule has 2 atom stereocenters. The van der Waals surface area contributed by atoms with Crippen molar-refractivity contribution in [1.82, 2.24) is 5.32 Å². The van der Waals surface area contributed by atoms with Gasteiger partial charge in [0.15, 0.2) is 0 Å². The highest BCUT2D eigenvalue weighted by Crippen LogP contribution is 2.29. The normalized spacial score (nSPS) is 23.6. The molecule has 18 heavy (non-hydrogen) atoms. The number of hydrogen-bond donors (Lipinski definition) is 2. The highest BCUT2D eigenvalue weighted by molar-refractivity contribution is 5.77. The van der Waals surface area contributed by atoms with Crippen LogP contribution < -0.4 is 5.32 Å². The molecule has 1 saturated carbocycles. The molecule has 1 aliphatic carbocycles. The predicted octanol–water partition coefficient (Wildman–Crippen LogP) is 1.42. The van der Waals surface area contributed by atoms with Gasteiger partial charge in [-0.25, -0.2) is 0 Å². The van der Waals surface area contributed by atoms with Gasteiger partial charge in [0, 0.05) is 13.2 Å². The van der Waals surface area contributed by atoms with Gasteiger partial charge in [-0.2, -0.15) is 0 Å². The fourth-order valence-corrected chi connectivity index (χ4v) is 2.38. The molecule has 2 N–H and O–H groups in total. The van der Waals surface area contributed by atoms with E-state index in [1.165, 1.54) is 0 Å². The summed E-state index contributed by atoms with van der Waals surface area (Å²) >= 11 is 0. The van der Waals surface area contributed by atoms with Gasteiger partial charge in [0.05, 0.1) is 5.92 Å². The minimum absolute atomic E-state index is 0.0615. The Bertz CT molecular complexity index is 280. The molecule has 5 nitrogen and oxygen atoms in total. The van der Waals surface area contributed by atoms with Crippen LogP contribution in [0.5, 0.6) is 0 Å². The smallest absolute Gasteiger partial charge is 0.306 e. The molecule has 0 radical (unpaired) electrons. The molecule has 104 valence electrons. The number of aliphatic carboxylic acids is 1. The van der Waals surface area contributed by atoms with Gasteiger partial charge in [-0.15, -0.1) is 0 Å². The van der Waals surface area contributed by atoms with Gasteiger partial charge in [-0.3, -0.25) is 9.59 Å². The molecule has 1 rings (SSSR count). The standard InChI is InChI=1S/C13H23NO4/c1-2-7-18-9-12(15)14-8-10-5-3-4-6-11(10)13(16)17/h10-11H,2-9H2,1H3,(H,14,15)(H,16,17). The monoisotopic (exact) mass is 257 g/mol. The number of carboxylic acid groups (broad SMARTS) is 1. The fourth-order valence-electron chi connectivity index (χ4n) is 2.38. The van der Waals surface area contributed by atoms with E-state index in [-0.39, 0.29) is 24.3 Å². The van der Waals surface area contributed by atoms with Gasteiger partial charge in [0.1, 0.15) is 6.61 Å². The maximum atomic E-state index is 11.5. The van der Waals surface area contributed by atoms with Crippen LogP contribution in [0, 0.1) is 11.8 Å². The Kier molecular flexibility index (Phi) is 6.72. The Morgan fingerprint density at radius 3 is 2.72 bits per heavy atom. The lowest BCUT2D eigenvalue weighted by Gasteiger charge is -2.28. The topological polar surface area (TPSA) is 75.6 Å². The van der Waals surface area contributed by atoms with Crippen molar-refractivity contribution in [1.29, 1.82) is 0 Å². The van der Waals surface area contributed by atoms with Crippen LogP contribution in [0.2, 0.25) is 0 Å². The highest BCUT2D eigenvalue weighted by atomic mass is 16.5. The van der Waals surface area contributed by atoms with Crippen LogP contribution in [0.1, 0.15) is 39.0 Å². The summed E-state index contributed by atoms with van der Waals surface area (Å²) in [4.78, 5) is 22.5. The van der Waals surface area contributed by atoms with Crippen LogP contribution >= 0.6 is 0 Å². The molecule has 0 aromatic heterocycles. The van der Waals surface area contributed by atoms with Crippen LogP contribution in [0.3, 0.4) is 0 Å². The number of carbonyl (C=O) groups excluding carboxylic acids is 1. The number of rotatable bonds is 7. The second-order valence-corrected chi connectivity index (χ2v) is 4.85. The average molecular weight is 257 g/mol. The van der Waals surface area contributed by atoms with Crippen molar-refractivity contribution in [2.75, 3.05) is 19.8 Å². The third kappa shape index (κ3) is 5.04. The first-order valence-corrected chi connectivity index (χ1v) is 6.72.